The van der Waals surface area contributed by atoms with E-state index in [0.717, 1.165) is 21.9 Å². The third-order valence-electron chi connectivity index (χ3n) is 3.49. The molecule has 0 fully saturated rings. The second-order valence-electron chi connectivity index (χ2n) is 5.35. The number of ether oxygens (including phenoxy) is 1. The molecule has 1 amide bonds. The summed E-state index contributed by atoms with van der Waals surface area (Å²) in [4.78, 5) is 12.1. The lowest BCUT2D eigenvalue weighted by Crippen LogP contribution is -2.14. The molecule has 0 aliphatic carbocycles. The summed E-state index contributed by atoms with van der Waals surface area (Å²) >= 11 is 1.35. The molecule has 0 aliphatic rings. The van der Waals surface area contributed by atoms with Crippen molar-refractivity contribution in [3.05, 3.63) is 59.7 Å². The van der Waals surface area contributed by atoms with Crippen LogP contribution in [0.2, 0.25) is 0 Å². The van der Waals surface area contributed by atoms with Crippen LogP contribution in [0.3, 0.4) is 0 Å². The number of methoxy groups -OCH3 is 1. The van der Waals surface area contributed by atoms with Crippen molar-refractivity contribution in [2.45, 2.75) is 13.3 Å². The van der Waals surface area contributed by atoms with E-state index in [1.165, 1.54) is 16.9 Å². The van der Waals surface area contributed by atoms with Gasteiger partial charge in [0, 0.05) is 5.56 Å². The number of nitrogens with zero attached hydrogens (tertiary/aromatic N) is 2. The van der Waals surface area contributed by atoms with Gasteiger partial charge in [0.25, 0.3) is 0 Å². The normalized spacial score (nSPS) is 10.4. The van der Waals surface area contributed by atoms with Gasteiger partial charge in [0.05, 0.1) is 13.5 Å². The topological polar surface area (TPSA) is 64.1 Å². The molecule has 24 heavy (non-hydrogen) atoms. The maximum Gasteiger partial charge on any atom is 0.230 e. The van der Waals surface area contributed by atoms with Crippen LogP contribution >= 0.6 is 11.3 Å². The van der Waals surface area contributed by atoms with Crippen LogP contribution in [0.4, 0.5) is 5.13 Å². The van der Waals surface area contributed by atoms with Crippen LogP contribution in [0.15, 0.2) is 48.5 Å². The van der Waals surface area contributed by atoms with E-state index < -0.39 is 0 Å². The third-order valence-corrected chi connectivity index (χ3v) is 4.38. The Morgan fingerprint density at radius 2 is 1.79 bits per heavy atom. The largest absolute Gasteiger partial charge is 0.497 e. The monoisotopic (exact) mass is 339 g/mol. The molecular formula is C18H17N3O2S. The number of rotatable bonds is 5. The molecule has 1 aromatic heterocycles. The van der Waals surface area contributed by atoms with E-state index in [1.807, 2.05) is 55.5 Å². The van der Waals surface area contributed by atoms with Gasteiger partial charge in [0.1, 0.15) is 10.8 Å². The predicted molar refractivity (Wildman–Crippen MR) is 95.4 cm³/mol. The van der Waals surface area contributed by atoms with Gasteiger partial charge < -0.3 is 10.1 Å². The zero-order valence-electron chi connectivity index (χ0n) is 13.4. The lowest BCUT2D eigenvalue weighted by atomic mass is 10.1. The first kappa shape index (κ1) is 16.1. The molecule has 0 saturated carbocycles. The first-order valence-corrected chi connectivity index (χ1v) is 8.29. The molecule has 122 valence electrons. The number of nitrogens with one attached hydrogen (secondary N) is 1. The Morgan fingerprint density at radius 3 is 2.46 bits per heavy atom. The fourth-order valence-electron chi connectivity index (χ4n) is 2.18. The van der Waals surface area contributed by atoms with Crippen LogP contribution in [0, 0.1) is 6.92 Å². The molecular weight excluding hydrogens is 322 g/mol. The number of aryl methyl sites for hydroxylation is 1. The Balaban J connectivity index is 1.64. The molecule has 0 bridgehead atoms. The summed E-state index contributed by atoms with van der Waals surface area (Å²) < 4.78 is 5.14. The van der Waals surface area contributed by atoms with Crippen molar-refractivity contribution in [2.75, 3.05) is 12.4 Å². The minimum Gasteiger partial charge on any atom is -0.497 e. The Labute approximate surface area is 144 Å². The third kappa shape index (κ3) is 3.97. The van der Waals surface area contributed by atoms with Crippen LogP contribution < -0.4 is 10.1 Å². The first-order valence-electron chi connectivity index (χ1n) is 7.47. The van der Waals surface area contributed by atoms with Crippen LogP contribution in [-0.2, 0) is 11.2 Å². The molecule has 1 N–H and O–H groups in total. The molecule has 6 heteroatoms. The summed E-state index contributed by atoms with van der Waals surface area (Å²) in [7, 11) is 1.63. The molecule has 0 spiro atoms. The number of amides is 1. The maximum absolute atomic E-state index is 12.1. The van der Waals surface area contributed by atoms with E-state index in [2.05, 4.69) is 15.5 Å². The van der Waals surface area contributed by atoms with E-state index in [0.29, 0.717) is 11.6 Å². The van der Waals surface area contributed by atoms with Gasteiger partial charge >= 0.3 is 0 Å². The standard InChI is InChI=1S/C18H17N3O2S/c1-12-3-5-13(6-4-12)11-16(22)19-18-21-20-17(24-18)14-7-9-15(23-2)10-8-14/h3-10H,11H2,1-2H3,(H,19,21,22). The van der Waals surface area contributed by atoms with Crippen molar-refractivity contribution in [2.24, 2.45) is 0 Å². The second kappa shape index (κ2) is 7.23. The highest BCUT2D eigenvalue weighted by atomic mass is 32.1. The van der Waals surface area contributed by atoms with Crippen LogP contribution in [0.25, 0.3) is 10.6 Å². The number of carbonyl (C=O) groups is 1. The molecule has 0 unspecified atom stereocenters. The van der Waals surface area contributed by atoms with Gasteiger partial charge in [-0.05, 0) is 36.8 Å². The van der Waals surface area contributed by atoms with Crippen molar-refractivity contribution in [3.8, 4) is 16.3 Å². The molecule has 0 radical (unpaired) electrons. The van der Waals surface area contributed by atoms with Gasteiger partial charge in [-0.2, -0.15) is 0 Å². The number of benzene rings is 2. The molecule has 0 saturated heterocycles. The van der Waals surface area contributed by atoms with E-state index in [-0.39, 0.29) is 5.91 Å². The minimum atomic E-state index is -0.101. The summed E-state index contributed by atoms with van der Waals surface area (Å²) in [5.41, 5.74) is 3.08. The van der Waals surface area contributed by atoms with E-state index in [1.54, 1.807) is 7.11 Å². The van der Waals surface area contributed by atoms with Crippen LogP contribution in [0.1, 0.15) is 11.1 Å². The van der Waals surface area contributed by atoms with Gasteiger partial charge in [0.15, 0.2) is 0 Å². The summed E-state index contributed by atoms with van der Waals surface area (Å²) in [5, 5.41) is 12.2. The highest BCUT2D eigenvalue weighted by molar-refractivity contribution is 7.18. The zero-order chi connectivity index (χ0) is 16.9. The number of aromatic nitrogens is 2. The molecule has 0 aliphatic heterocycles. The average Bonchev–Trinajstić information content (AvgIpc) is 3.05. The minimum absolute atomic E-state index is 0.101. The summed E-state index contributed by atoms with van der Waals surface area (Å²) in [6, 6.07) is 15.5. The molecule has 5 nitrogen and oxygen atoms in total. The van der Waals surface area contributed by atoms with Crippen molar-refractivity contribution < 1.29 is 9.53 Å². The Morgan fingerprint density at radius 1 is 1.08 bits per heavy atom. The number of hydrogen-bond acceptors (Lipinski definition) is 5. The quantitative estimate of drug-likeness (QED) is 0.770. The SMILES string of the molecule is COc1ccc(-c2nnc(NC(=O)Cc3ccc(C)cc3)s2)cc1. The Bertz CT molecular complexity index is 826. The molecule has 3 rings (SSSR count). The highest BCUT2D eigenvalue weighted by Crippen LogP contribution is 2.27. The van der Waals surface area contributed by atoms with Crippen LogP contribution in [-0.4, -0.2) is 23.2 Å². The fraction of sp³-hybridized carbons (Fsp3) is 0.167. The van der Waals surface area contributed by atoms with E-state index >= 15 is 0 Å². The van der Waals surface area contributed by atoms with Gasteiger partial charge in [-0.3, -0.25) is 4.79 Å². The molecule has 3 aromatic rings. The maximum atomic E-state index is 12.1. The lowest BCUT2D eigenvalue weighted by molar-refractivity contribution is -0.115. The van der Waals surface area contributed by atoms with Gasteiger partial charge in [-0.15, -0.1) is 10.2 Å². The fourth-order valence-corrected chi connectivity index (χ4v) is 2.94. The van der Waals surface area contributed by atoms with Crippen molar-refractivity contribution in [3.63, 3.8) is 0 Å². The highest BCUT2D eigenvalue weighted by Gasteiger charge is 2.10. The van der Waals surface area contributed by atoms with Crippen molar-refractivity contribution in [1.29, 1.82) is 0 Å². The Hall–Kier alpha value is -2.73. The average molecular weight is 339 g/mol. The van der Waals surface area contributed by atoms with Gasteiger partial charge in [-0.1, -0.05) is 41.2 Å². The number of carbonyl (C=O) groups excluding carboxylic acids is 1. The van der Waals surface area contributed by atoms with Crippen LogP contribution in [0.5, 0.6) is 5.75 Å². The summed E-state index contributed by atoms with van der Waals surface area (Å²) in [6.07, 6.45) is 0.317. The van der Waals surface area contributed by atoms with E-state index in [4.69, 9.17) is 4.74 Å². The van der Waals surface area contributed by atoms with Crippen molar-refractivity contribution >= 4 is 22.4 Å². The first-order chi connectivity index (χ1) is 11.6. The van der Waals surface area contributed by atoms with Gasteiger partial charge in [-0.25, -0.2) is 0 Å². The number of anilines is 1. The number of hydrogen-bond donors (Lipinski definition) is 1. The second-order valence-corrected chi connectivity index (χ2v) is 6.33. The van der Waals surface area contributed by atoms with Gasteiger partial charge in [0.2, 0.25) is 11.0 Å². The van der Waals surface area contributed by atoms with E-state index in [9.17, 15) is 4.79 Å². The zero-order valence-corrected chi connectivity index (χ0v) is 14.3. The summed E-state index contributed by atoms with van der Waals surface area (Å²) in [6.45, 7) is 2.02. The lowest BCUT2D eigenvalue weighted by Gasteiger charge is -2.02. The Kier molecular flexibility index (Phi) is 4.86. The molecule has 0 atom stereocenters. The summed E-state index contributed by atoms with van der Waals surface area (Å²) in [5.74, 6) is 0.686. The smallest absolute Gasteiger partial charge is 0.230 e. The predicted octanol–water partition coefficient (Wildman–Crippen LogP) is 3.70. The molecule has 1 heterocycles. The van der Waals surface area contributed by atoms with Crippen molar-refractivity contribution in [1.82, 2.24) is 10.2 Å². The molecule has 2 aromatic carbocycles.